The average molecular weight is 583 g/mol. The van der Waals surface area contributed by atoms with Crippen LogP contribution in [0.2, 0.25) is 0 Å². The number of amides is 2. The number of benzene rings is 2. The number of aromatic nitrogens is 2. The number of carbonyl (C=O) groups excluding carboxylic acids is 2. The van der Waals surface area contributed by atoms with Gasteiger partial charge in [0.15, 0.2) is 5.17 Å². The molecule has 210 valence electrons. The van der Waals surface area contributed by atoms with Gasteiger partial charge in [-0.25, -0.2) is 0 Å². The second-order valence-electron chi connectivity index (χ2n) is 9.15. The second-order valence-corrected chi connectivity index (χ2v) is 10.2. The minimum absolute atomic E-state index is 0.104. The number of hydrogen-bond acceptors (Lipinski definition) is 6. The van der Waals surface area contributed by atoms with Crippen molar-refractivity contribution < 1.29 is 35.9 Å². The Bertz CT molecular complexity index is 1560. The molecule has 0 aliphatic carbocycles. The molecule has 3 N–H and O–H groups in total. The number of halogens is 6. The normalized spacial score (nSPS) is 19.5. The number of fused-ring (bicyclic) bond motifs is 1. The Morgan fingerprint density at radius 1 is 1.12 bits per heavy atom. The number of aliphatic imine (C=N–C) groups is 1. The Morgan fingerprint density at radius 2 is 1.90 bits per heavy atom. The fourth-order valence-electron chi connectivity index (χ4n) is 4.44. The molecule has 0 spiro atoms. The van der Waals surface area contributed by atoms with Crippen LogP contribution < -0.4 is 11.1 Å². The van der Waals surface area contributed by atoms with Gasteiger partial charge in [0.1, 0.15) is 6.04 Å². The Morgan fingerprint density at radius 3 is 2.60 bits per heavy atom. The third kappa shape index (κ3) is 5.70. The first-order valence-electron chi connectivity index (χ1n) is 11.8. The molecular weight excluding hydrogens is 562 g/mol. The average Bonchev–Trinajstić information content (AvgIpc) is 3.45. The van der Waals surface area contributed by atoms with Crippen molar-refractivity contribution in [2.75, 3.05) is 19.6 Å². The van der Waals surface area contributed by atoms with E-state index in [4.69, 9.17) is 5.73 Å². The minimum Gasteiger partial charge on any atom is -0.368 e. The van der Waals surface area contributed by atoms with Crippen molar-refractivity contribution in [2.24, 2.45) is 10.7 Å². The molecule has 40 heavy (non-hydrogen) atoms. The molecule has 2 aliphatic heterocycles. The van der Waals surface area contributed by atoms with E-state index in [2.05, 4.69) is 15.4 Å². The van der Waals surface area contributed by atoms with Gasteiger partial charge in [-0.2, -0.15) is 36.4 Å². The van der Waals surface area contributed by atoms with Gasteiger partial charge in [-0.15, -0.1) is 0 Å². The molecule has 15 heteroatoms. The van der Waals surface area contributed by atoms with E-state index in [0.717, 1.165) is 17.8 Å². The van der Waals surface area contributed by atoms with Crippen LogP contribution in [0.5, 0.6) is 0 Å². The van der Waals surface area contributed by atoms with Crippen LogP contribution in [0, 0.1) is 0 Å². The van der Waals surface area contributed by atoms with E-state index in [1.807, 2.05) is 0 Å². The highest BCUT2D eigenvalue weighted by Gasteiger charge is 2.38. The zero-order valence-electron chi connectivity index (χ0n) is 20.4. The summed E-state index contributed by atoms with van der Waals surface area (Å²) in [4.78, 5) is 30.3. The van der Waals surface area contributed by atoms with E-state index in [9.17, 15) is 35.9 Å². The van der Waals surface area contributed by atoms with Crippen LogP contribution in [-0.4, -0.2) is 57.3 Å². The predicted molar refractivity (Wildman–Crippen MR) is 136 cm³/mol. The molecule has 1 saturated heterocycles. The summed E-state index contributed by atoms with van der Waals surface area (Å²) in [6, 6.07) is 5.89. The van der Waals surface area contributed by atoms with E-state index in [1.165, 1.54) is 10.9 Å². The van der Waals surface area contributed by atoms with Gasteiger partial charge in [-0.05, 0) is 53.2 Å². The molecule has 8 nitrogen and oxygen atoms in total. The van der Waals surface area contributed by atoms with Crippen LogP contribution in [-0.2, 0) is 28.5 Å². The van der Waals surface area contributed by atoms with E-state index < -0.39 is 47.9 Å². The van der Waals surface area contributed by atoms with E-state index in [1.54, 1.807) is 29.2 Å². The predicted octanol–water partition coefficient (Wildman–Crippen LogP) is 3.85. The molecule has 1 unspecified atom stereocenters. The molecule has 1 fully saturated rings. The molecule has 3 aromatic rings. The number of primary amides is 1. The van der Waals surface area contributed by atoms with Crippen molar-refractivity contribution in [3.63, 3.8) is 0 Å². The maximum atomic E-state index is 13.6. The standard InChI is InChI=1S/C25H20F6N6O2S/c26-24(27,28)16-3-2-14(17(9-16)25(29,30)31)11-37-19-4-1-13(7-15(19)10-34-37)8-20-22(39)35-23(40-20)36-6-5-33-18(12-36)21(32)38/h1-4,7-10,18,33H,5-6,11-12H2,(H2,32,38). The van der Waals surface area contributed by atoms with Crippen LogP contribution in [0.15, 0.2) is 52.5 Å². The van der Waals surface area contributed by atoms with Crippen LogP contribution >= 0.6 is 11.8 Å². The first kappa shape index (κ1) is 27.7. The topological polar surface area (TPSA) is 106 Å². The second kappa shape index (κ2) is 10.3. The largest absolute Gasteiger partial charge is 0.416 e. The van der Waals surface area contributed by atoms with Crippen LogP contribution in [0.1, 0.15) is 22.3 Å². The van der Waals surface area contributed by atoms with Crippen LogP contribution in [0.25, 0.3) is 17.0 Å². The zero-order valence-corrected chi connectivity index (χ0v) is 21.2. The number of rotatable bonds is 4. The molecule has 0 saturated carbocycles. The SMILES string of the molecule is NC(=O)C1CN(C2=NC(=O)C(=Cc3ccc4c(cnn4Cc4ccc(C(F)(F)F)cc4C(F)(F)F)c3)S2)CCN1. The van der Waals surface area contributed by atoms with Crippen LogP contribution in [0.4, 0.5) is 26.3 Å². The molecule has 5 rings (SSSR count). The highest BCUT2D eigenvalue weighted by molar-refractivity contribution is 8.18. The monoisotopic (exact) mass is 582 g/mol. The van der Waals surface area contributed by atoms with Gasteiger partial charge in [0, 0.05) is 25.0 Å². The smallest absolute Gasteiger partial charge is 0.368 e. The first-order chi connectivity index (χ1) is 18.8. The maximum absolute atomic E-state index is 13.6. The van der Waals surface area contributed by atoms with Gasteiger partial charge in [-0.3, -0.25) is 14.3 Å². The molecule has 3 heterocycles. The summed E-state index contributed by atoms with van der Waals surface area (Å²) in [5, 5.41) is 8.13. The molecule has 2 amide bonds. The molecule has 0 bridgehead atoms. The van der Waals surface area contributed by atoms with Gasteiger partial charge in [0.05, 0.1) is 34.3 Å². The first-order valence-corrected chi connectivity index (χ1v) is 12.6. The van der Waals surface area contributed by atoms with E-state index in [0.29, 0.717) is 45.7 Å². The Hall–Kier alpha value is -3.85. The lowest BCUT2D eigenvalue weighted by atomic mass is 10.0. The Balaban J connectivity index is 1.36. The molecule has 1 aromatic heterocycles. The summed E-state index contributed by atoms with van der Waals surface area (Å²) in [5.41, 5.74) is 3.31. The number of nitrogens with two attached hydrogens (primary N) is 1. The highest BCUT2D eigenvalue weighted by atomic mass is 32.2. The number of amidine groups is 1. The Kier molecular flexibility index (Phi) is 7.12. The summed E-state index contributed by atoms with van der Waals surface area (Å²) >= 11 is 1.15. The van der Waals surface area contributed by atoms with E-state index in [-0.39, 0.29) is 18.2 Å². The van der Waals surface area contributed by atoms with Gasteiger partial charge in [0.2, 0.25) is 5.91 Å². The van der Waals surface area contributed by atoms with Gasteiger partial charge < -0.3 is 16.0 Å². The Labute approximate surface area is 226 Å². The van der Waals surface area contributed by atoms with Crippen molar-refractivity contribution in [2.45, 2.75) is 24.9 Å². The lowest BCUT2D eigenvalue weighted by Gasteiger charge is -2.32. The lowest BCUT2D eigenvalue weighted by molar-refractivity contribution is -0.143. The number of hydrogen-bond donors (Lipinski definition) is 2. The summed E-state index contributed by atoms with van der Waals surface area (Å²) in [5.74, 6) is -0.955. The fourth-order valence-corrected chi connectivity index (χ4v) is 5.38. The van der Waals surface area contributed by atoms with Crippen molar-refractivity contribution in [1.29, 1.82) is 0 Å². The van der Waals surface area contributed by atoms with Gasteiger partial charge >= 0.3 is 12.4 Å². The van der Waals surface area contributed by atoms with Gasteiger partial charge in [-0.1, -0.05) is 12.1 Å². The van der Waals surface area contributed by atoms with E-state index >= 15 is 0 Å². The van der Waals surface area contributed by atoms with Crippen molar-refractivity contribution in [3.8, 4) is 0 Å². The highest BCUT2D eigenvalue weighted by Crippen LogP contribution is 2.38. The summed E-state index contributed by atoms with van der Waals surface area (Å²) in [7, 11) is 0. The number of alkyl halides is 6. The van der Waals surface area contributed by atoms with Crippen LogP contribution in [0.3, 0.4) is 0 Å². The number of thioether (sulfide) groups is 1. The van der Waals surface area contributed by atoms with Crippen molar-refractivity contribution in [3.05, 3.63) is 69.8 Å². The molecular formula is C25H20F6N6O2S. The molecule has 2 aliphatic rings. The quantitative estimate of drug-likeness (QED) is 0.358. The van der Waals surface area contributed by atoms with Gasteiger partial charge in [0.25, 0.3) is 5.91 Å². The summed E-state index contributed by atoms with van der Waals surface area (Å²) in [6.45, 7) is 0.912. The lowest BCUT2D eigenvalue weighted by Crippen LogP contribution is -2.56. The molecule has 0 radical (unpaired) electrons. The summed E-state index contributed by atoms with van der Waals surface area (Å²) in [6.07, 6.45) is -6.86. The minimum atomic E-state index is -4.99. The number of nitrogens with one attached hydrogen (secondary N) is 1. The maximum Gasteiger partial charge on any atom is 0.416 e. The van der Waals surface area contributed by atoms with Crippen molar-refractivity contribution >= 4 is 45.7 Å². The fraction of sp³-hybridized carbons (Fsp3) is 0.280. The third-order valence-corrected chi connectivity index (χ3v) is 7.47. The number of nitrogens with zero attached hydrogens (tertiary/aromatic N) is 4. The molecule has 2 aromatic carbocycles. The third-order valence-electron chi connectivity index (χ3n) is 6.42. The number of piperazine rings is 1. The molecule has 1 atom stereocenters. The van der Waals surface area contributed by atoms with Crippen molar-refractivity contribution in [1.82, 2.24) is 20.0 Å². The number of carbonyl (C=O) groups is 2. The summed E-state index contributed by atoms with van der Waals surface area (Å²) < 4.78 is 81.0. The zero-order chi connectivity index (χ0) is 28.8.